The third-order valence-electron chi connectivity index (χ3n) is 2.87. The van der Waals surface area contributed by atoms with Crippen LogP contribution in [0.5, 0.6) is 0 Å². The molecule has 0 atom stereocenters. The average Bonchev–Trinajstić information content (AvgIpc) is 2.97. The molecular formula is C13H17NO. The minimum atomic E-state index is 0.0689. The monoisotopic (exact) mass is 203 g/mol. The van der Waals surface area contributed by atoms with Gasteiger partial charge in [0.05, 0.1) is 0 Å². The van der Waals surface area contributed by atoms with Crippen molar-refractivity contribution in [1.29, 1.82) is 0 Å². The highest BCUT2D eigenvalue weighted by Gasteiger charge is 2.22. The van der Waals surface area contributed by atoms with Crippen LogP contribution < -0.4 is 5.32 Å². The summed E-state index contributed by atoms with van der Waals surface area (Å²) in [4.78, 5) is 11.8. The molecule has 0 heterocycles. The van der Waals surface area contributed by atoms with Crippen molar-refractivity contribution in [2.75, 3.05) is 6.54 Å². The average molecular weight is 203 g/mol. The van der Waals surface area contributed by atoms with E-state index in [0.717, 1.165) is 23.6 Å². The van der Waals surface area contributed by atoms with Crippen LogP contribution in [0.1, 0.15) is 34.3 Å². The number of rotatable bonds is 3. The number of carbonyl (C=O) groups is 1. The summed E-state index contributed by atoms with van der Waals surface area (Å²) < 4.78 is 0. The second-order valence-corrected chi connectivity index (χ2v) is 4.47. The zero-order valence-corrected chi connectivity index (χ0v) is 9.34. The van der Waals surface area contributed by atoms with Crippen molar-refractivity contribution < 1.29 is 4.79 Å². The summed E-state index contributed by atoms with van der Waals surface area (Å²) >= 11 is 0. The van der Waals surface area contributed by atoms with E-state index < -0.39 is 0 Å². The van der Waals surface area contributed by atoms with Gasteiger partial charge in [-0.2, -0.15) is 0 Å². The van der Waals surface area contributed by atoms with Crippen molar-refractivity contribution in [3.63, 3.8) is 0 Å². The number of aryl methyl sites for hydroxylation is 2. The Labute approximate surface area is 90.7 Å². The summed E-state index contributed by atoms with van der Waals surface area (Å²) in [6.45, 7) is 4.87. The van der Waals surface area contributed by atoms with Crippen LogP contribution in [0, 0.1) is 19.8 Å². The summed E-state index contributed by atoms with van der Waals surface area (Å²) in [7, 11) is 0. The van der Waals surface area contributed by atoms with Crippen molar-refractivity contribution in [3.8, 4) is 0 Å². The second-order valence-electron chi connectivity index (χ2n) is 4.47. The Morgan fingerprint density at radius 2 is 2.13 bits per heavy atom. The van der Waals surface area contributed by atoms with Crippen molar-refractivity contribution >= 4 is 5.91 Å². The first-order valence-corrected chi connectivity index (χ1v) is 5.52. The minimum absolute atomic E-state index is 0.0689. The Bertz CT molecular complexity index is 380. The van der Waals surface area contributed by atoms with E-state index in [1.165, 1.54) is 18.4 Å². The van der Waals surface area contributed by atoms with E-state index >= 15 is 0 Å². The van der Waals surface area contributed by atoms with Gasteiger partial charge in [-0.25, -0.2) is 0 Å². The molecule has 1 N–H and O–H groups in total. The molecule has 0 radical (unpaired) electrons. The van der Waals surface area contributed by atoms with Crippen LogP contribution in [-0.4, -0.2) is 12.5 Å². The summed E-state index contributed by atoms with van der Waals surface area (Å²) in [5.74, 6) is 0.805. The molecule has 0 unspecified atom stereocenters. The largest absolute Gasteiger partial charge is 0.352 e. The number of nitrogens with one attached hydrogen (secondary N) is 1. The van der Waals surface area contributed by atoms with Crippen LogP contribution in [0.25, 0.3) is 0 Å². The molecule has 2 rings (SSSR count). The molecule has 1 aliphatic carbocycles. The zero-order chi connectivity index (χ0) is 10.8. The van der Waals surface area contributed by atoms with Gasteiger partial charge in [0.2, 0.25) is 0 Å². The van der Waals surface area contributed by atoms with E-state index in [9.17, 15) is 4.79 Å². The van der Waals surface area contributed by atoms with Crippen molar-refractivity contribution in [3.05, 3.63) is 34.9 Å². The molecule has 2 nitrogen and oxygen atoms in total. The summed E-state index contributed by atoms with van der Waals surface area (Å²) in [6.07, 6.45) is 2.54. The van der Waals surface area contributed by atoms with E-state index in [-0.39, 0.29) is 5.91 Å². The molecule has 0 aromatic heterocycles. The van der Waals surface area contributed by atoms with Gasteiger partial charge in [-0.3, -0.25) is 4.79 Å². The number of amides is 1. The lowest BCUT2D eigenvalue weighted by atomic mass is 10.1. The summed E-state index contributed by atoms with van der Waals surface area (Å²) in [6, 6.07) is 5.94. The van der Waals surface area contributed by atoms with Gasteiger partial charge in [0.1, 0.15) is 0 Å². The molecule has 1 aromatic carbocycles. The predicted octanol–water partition coefficient (Wildman–Crippen LogP) is 2.44. The standard InChI is InChI=1S/C13H17NO/c1-9-3-6-12(10(2)7-9)13(15)14-8-11-4-5-11/h3,6-7,11H,4-5,8H2,1-2H3,(H,14,15). The van der Waals surface area contributed by atoms with Crippen LogP contribution in [0.2, 0.25) is 0 Å². The van der Waals surface area contributed by atoms with E-state index in [0.29, 0.717) is 0 Å². The lowest BCUT2D eigenvalue weighted by molar-refractivity contribution is 0.0951. The first-order chi connectivity index (χ1) is 7.16. The maximum Gasteiger partial charge on any atom is 0.251 e. The highest BCUT2D eigenvalue weighted by Crippen LogP contribution is 2.27. The molecule has 1 fully saturated rings. The van der Waals surface area contributed by atoms with Gasteiger partial charge in [0.15, 0.2) is 0 Å². The molecule has 1 amide bonds. The molecule has 15 heavy (non-hydrogen) atoms. The Morgan fingerprint density at radius 1 is 1.40 bits per heavy atom. The molecular weight excluding hydrogens is 186 g/mol. The van der Waals surface area contributed by atoms with Crippen LogP contribution in [0.3, 0.4) is 0 Å². The SMILES string of the molecule is Cc1ccc(C(=O)NCC2CC2)c(C)c1. The number of benzene rings is 1. The smallest absolute Gasteiger partial charge is 0.251 e. The fourth-order valence-electron chi connectivity index (χ4n) is 1.72. The Morgan fingerprint density at radius 3 is 2.73 bits per heavy atom. The van der Waals surface area contributed by atoms with Crippen molar-refractivity contribution in [1.82, 2.24) is 5.32 Å². The number of carbonyl (C=O) groups excluding carboxylic acids is 1. The Balaban J connectivity index is 2.03. The highest BCUT2D eigenvalue weighted by atomic mass is 16.1. The first kappa shape index (κ1) is 10.2. The Kier molecular flexibility index (Phi) is 2.76. The predicted molar refractivity (Wildman–Crippen MR) is 61.0 cm³/mol. The molecule has 2 heteroatoms. The minimum Gasteiger partial charge on any atom is -0.352 e. The molecule has 0 saturated heterocycles. The van der Waals surface area contributed by atoms with E-state index in [4.69, 9.17) is 0 Å². The second kappa shape index (κ2) is 4.05. The van der Waals surface area contributed by atoms with Crippen LogP contribution >= 0.6 is 0 Å². The van der Waals surface area contributed by atoms with Crippen LogP contribution in [0.15, 0.2) is 18.2 Å². The fraction of sp³-hybridized carbons (Fsp3) is 0.462. The van der Waals surface area contributed by atoms with Gasteiger partial charge >= 0.3 is 0 Å². The topological polar surface area (TPSA) is 29.1 Å². The third kappa shape index (κ3) is 2.58. The lowest BCUT2D eigenvalue weighted by Crippen LogP contribution is -2.26. The molecule has 1 saturated carbocycles. The lowest BCUT2D eigenvalue weighted by Gasteiger charge is -2.07. The summed E-state index contributed by atoms with van der Waals surface area (Å²) in [5, 5.41) is 2.98. The molecule has 0 aliphatic heterocycles. The normalized spacial score (nSPS) is 15.1. The maximum absolute atomic E-state index is 11.8. The van der Waals surface area contributed by atoms with Gasteiger partial charge in [-0.15, -0.1) is 0 Å². The number of hydrogen-bond donors (Lipinski definition) is 1. The molecule has 0 spiro atoms. The number of hydrogen-bond acceptors (Lipinski definition) is 1. The quantitative estimate of drug-likeness (QED) is 0.803. The molecule has 0 bridgehead atoms. The fourth-order valence-corrected chi connectivity index (χ4v) is 1.72. The van der Waals surface area contributed by atoms with Crippen LogP contribution in [-0.2, 0) is 0 Å². The van der Waals surface area contributed by atoms with Crippen molar-refractivity contribution in [2.45, 2.75) is 26.7 Å². The van der Waals surface area contributed by atoms with E-state index in [1.54, 1.807) is 0 Å². The zero-order valence-electron chi connectivity index (χ0n) is 9.34. The third-order valence-corrected chi connectivity index (χ3v) is 2.87. The molecule has 1 aromatic rings. The highest BCUT2D eigenvalue weighted by molar-refractivity contribution is 5.95. The van der Waals surface area contributed by atoms with Crippen molar-refractivity contribution in [2.24, 2.45) is 5.92 Å². The van der Waals surface area contributed by atoms with Gasteiger partial charge in [-0.05, 0) is 44.2 Å². The van der Waals surface area contributed by atoms with Gasteiger partial charge in [-0.1, -0.05) is 17.7 Å². The molecule has 1 aliphatic rings. The maximum atomic E-state index is 11.8. The van der Waals surface area contributed by atoms with Gasteiger partial charge in [0, 0.05) is 12.1 Å². The van der Waals surface area contributed by atoms with Gasteiger partial charge < -0.3 is 5.32 Å². The van der Waals surface area contributed by atoms with E-state index in [2.05, 4.69) is 5.32 Å². The molecule has 80 valence electrons. The summed E-state index contributed by atoms with van der Waals surface area (Å²) in [5.41, 5.74) is 3.07. The Hall–Kier alpha value is -1.31. The van der Waals surface area contributed by atoms with E-state index in [1.807, 2.05) is 32.0 Å². The first-order valence-electron chi connectivity index (χ1n) is 5.52. The van der Waals surface area contributed by atoms with Crippen LogP contribution in [0.4, 0.5) is 0 Å². The van der Waals surface area contributed by atoms with Gasteiger partial charge in [0.25, 0.3) is 5.91 Å².